The topological polar surface area (TPSA) is 73.1 Å². The monoisotopic (exact) mass is 1700 g/mol. The Morgan fingerprint density at radius 1 is 0.330 bits per heavy atom. The van der Waals surface area contributed by atoms with E-state index in [2.05, 4.69) is 10.9 Å². The minimum Gasteiger partial charge on any atom is -0.486 e. The molecule has 3 rings (SSSR count). The summed E-state index contributed by atoms with van der Waals surface area (Å²) in [5, 5.41) is -1.26. The van der Waals surface area contributed by atoms with Crippen LogP contribution in [0.3, 0.4) is 0 Å². The van der Waals surface area contributed by atoms with E-state index in [9.17, 15) is 96.6 Å². The van der Waals surface area contributed by atoms with Crippen LogP contribution in [-0.2, 0) is 0 Å². The third-order valence-electron chi connectivity index (χ3n) is 16.4. The highest BCUT2D eigenvalue weighted by atomic mass is 127. The Balaban J connectivity index is 2.20. The Kier molecular flexibility index (Phi) is 23.7. The molecule has 1 aromatic rings. The summed E-state index contributed by atoms with van der Waals surface area (Å²) in [4.78, 5) is 0. The molecule has 0 amide bonds. The van der Waals surface area contributed by atoms with E-state index in [4.69, 9.17) is 9.47 Å². The Hall–Kier alpha value is -3.07. The van der Waals surface area contributed by atoms with Gasteiger partial charge in [-0.25, -0.2) is 0 Å². The van der Waals surface area contributed by atoms with Gasteiger partial charge in [0.2, 0.25) is 0 Å². The molecular formula is C48H56F34I2N6O2Si2. The third-order valence-corrected chi connectivity index (χ3v) is 32.3. The van der Waals surface area contributed by atoms with Gasteiger partial charge in [-0.05, 0) is 90.6 Å². The minimum absolute atomic E-state index is 0.0727. The molecule has 0 atom stereocenters. The van der Waals surface area contributed by atoms with Gasteiger partial charge in [-0.1, -0.05) is 83.1 Å². The van der Waals surface area contributed by atoms with E-state index in [1.807, 2.05) is 11.1 Å². The number of ether oxygens (including phenoxy) is 2. The van der Waals surface area contributed by atoms with E-state index in [0.717, 1.165) is 12.1 Å². The van der Waals surface area contributed by atoms with Gasteiger partial charge in [-0.15, -0.1) is 11.1 Å². The second-order valence-corrected chi connectivity index (χ2v) is 37.6. The van der Waals surface area contributed by atoms with Gasteiger partial charge in [-0.3, -0.25) is 10.0 Å². The molecule has 0 saturated carbocycles. The van der Waals surface area contributed by atoms with Crippen molar-refractivity contribution in [3.63, 3.8) is 0 Å². The molecule has 0 spiro atoms. The van der Waals surface area contributed by atoms with Crippen molar-refractivity contribution in [1.29, 1.82) is 0 Å². The molecule has 94 heavy (non-hydrogen) atoms. The molecule has 0 fully saturated rings. The number of hydrogen-bond donors (Lipinski definition) is 4. The number of rotatable bonds is 30. The van der Waals surface area contributed by atoms with Crippen LogP contribution in [0.4, 0.5) is 149 Å². The number of hydrogen-bond acceptors (Lipinski definition) is 8. The second-order valence-electron chi connectivity index (χ2n) is 23.7. The van der Waals surface area contributed by atoms with Crippen molar-refractivity contribution in [1.82, 2.24) is 31.9 Å². The SMILES string of the molecule is CC(C)[Si](C1=C(COc2cc(I)c(OCC3=C([Si](C(C)C)(C(C)C)C(C)C)N(CC(F)(F)C(F)(F)C(F)(F)C(F)(F)C(F)(F)C(F)(F)C(F)(F)C(F)(F)F)NN3)cc2I)NNN1CC(F)(F)C(F)(F)C(F)(F)C(F)(F)C(F)(F)C(F)(F)C(F)(F)C(F)(F)F)(C(C)C)C(C)C. The van der Waals surface area contributed by atoms with Gasteiger partial charge in [0.05, 0.1) is 18.5 Å². The van der Waals surface area contributed by atoms with Crippen LogP contribution in [0.15, 0.2) is 34.2 Å². The second kappa shape index (κ2) is 26.1. The van der Waals surface area contributed by atoms with Crippen LogP contribution in [0.2, 0.25) is 33.2 Å². The number of nitrogens with zero attached hydrogens (tertiary/aromatic N) is 2. The van der Waals surface area contributed by atoms with Gasteiger partial charge in [0.15, 0.2) is 0 Å². The predicted octanol–water partition coefficient (Wildman–Crippen LogP) is 19.2. The van der Waals surface area contributed by atoms with E-state index in [1.54, 1.807) is 0 Å². The third kappa shape index (κ3) is 12.7. The standard InChI is InChI=1S/C48H56F34I2N6O2Si2/c1-19(2)93(20(3)4,21(5)6)31-27(85-87-89(31)17-33(49,50)35(53,54)37(57,58)39(61,62)41(65,66)43(69,70)45(73,74)47(77,78)79)15-91-29-13-26(84)30(14-25(29)83)92-16-28-32(94(22(7)8,23(9)10)24(11)12)90(88-86-28)18-34(51,52)36(55,56)38(59,60)40(63,64)42(67,68)44(71,72)46(75,76)48(80,81)82/h13-14,19-24,85-88H,15-18H2,1-12H3. The minimum atomic E-state index is -8.88. The molecule has 0 saturated heterocycles. The molecule has 8 nitrogen and oxygen atoms in total. The van der Waals surface area contributed by atoms with Crippen molar-refractivity contribution < 1.29 is 159 Å². The molecule has 4 N–H and O–H groups in total. The van der Waals surface area contributed by atoms with Gasteiger partial charge >= 0.3 is 95.3 Å². The van der Waals surface area contributed by atoms with Crippen LogP contribution in [0, 0.1) is 7.14 Å². The lowest BCUT2D eigenvalue weighted by Crippen LogP contribution is -2.75. The summed E-state index contributed by atoms with van der Waals surface area (Å²) in [6.45, 7) is 9.29. The summed E-state index contributed by atoms with van der Waals surface area (Å²) in [6, 6.07) is 2.19. The normalized spacial score (nSPS) is 17.2. The van der Waals surface area contributed by atoms with E-state index >= 15 is 52.7 Å². The maximum absolute atomic E-state index is 15.8. The summed E-state index contributed by atoms with van der Waals surface area (Å²) in [5.41, 5.74) is 2.62. The molecule has 1 aromatic carbocycles. The number of alkyl halides is 34. The van der Waals surface area contributed by atoms with Gasteiger partial charge < -0.3 is 20.3 Å². The number of hydrazine groups is 4. The summed E-state index contributed by atoms with van der Waals surface area (Å²) in [7, 11) is -7.74. The molecule has 46 heteroatoms. The van der Waals surface area contributed by atoms with Crippen LogP contribution in [0.5, 0.6) is 11.5 Å². The van der Waals surface area contributed by atoms with Gasteiger partial charge in [0.1, 0.15) is 54.0 Å². The van der Waals surface area contributed by atoms with E-state index in [-0.39, 0.29) is 28.7 Å². The van der Waals surface area contributed by atoms with Gasteiger partial charge in [-0.2, -0.15) is 149 Å². The summed E-state index contributed by atoms with van der Waals surface area (Å²) in [5.74, 6) is -117. The first kappa shape index (κ1) is 85.2. The summed E-state index contributed by atoms with van der Waals surface area (Å²) < 4.78 is 499. The van der Waals surface area contributed by atoms with Crippen LogP contribution >= 0.6 is 45.2 Å². The zero-order chi connectivity index (χ0) is 74.7. The van der Waals surface area contributed by atoms with E-state index in [0.29, 0.717) is 0 Å². The Morgan fingerprint density at radius 3 is 0.713 bits per heavy atom. The molecule has 0 unspecified atom stereocenters. The van der Waals surface area contributed by atoms with E-state index in [1.165, 1.54) is 128 Å². The van der Waals surface area contributed by atoms with Crippen molar-refractivity contribution in [3.05, 3.63) is 41.3 Å². The van der Waals surface area contributed by atoms with Crippen molar-refractivity contribution in [2.45, 2.75) is 212 Å². The first-order valence-corrected chi connectivity index (χ1v) is 33.2. The highest BCUT2D eigenvalue weighted by Crippen LogP contribution is 2.67. The predicted molar refractivity (Wildman–Crippen MR) is 286 cm³/mol. The highest BCUT2D eigenvalue weighted by Gasteiger charge is 2.97. The molecule has 2 aliphatic heterocycles. The van der Waals surface area contributed by atoms with Crippen molar-refractivity contribution >= 4 is 61.3 Å². The number of nitrogens with one attached hydrogen (secondary N) is 4. The van der Waals surface area contributed by atoms with Crippen molar-refractivity contribution in [3.8, 4) is 11.5 Å². The highest BCUT2D eigenvalue weighted by molar-refractivity contribution is 14.1. The van der Waals surface area contributed by atoms with Crippen molar-refractivity contribution in [2.75, 3.05) is 26.3 Å². The lowest BCUT2D eigenvalue weighted by Gasteiger charge is -2.47. The van der Waals surface area contributed by atoms with Crippen LogP contribution in [0.1, 0.15) is 83.1 Å². The lowest BCUT2D eigenvalue weighted by atomic mass is 9.89. The fourth-order valence-electron chi connectivity index (χ4n) is 11.9. The fourth-order valence-corrected chi connectivity index (χ4v) is 26.9. The fraction of sp³-hybridized carbons (Fsp3) is 0.792. The summed E-state index contributed by atoms with van der Waals surface area (Å²) in [6.07, 6.45) is -15.9. The maximum atomic E-state index is 15.8. The molecule has 0 aromatic heterocycles. The number of benzene rings is 1. The molecule has 0 bridgehead atoms. The first-order chi connectivity index (χ1) is 41.3. The van der Waals surface area contributed by atoms with Crippen LogP contribution in [-0.4, -0.2) is 148 Å². The summed E-state index contributed by atoms with van der Waals surface area (Å²) >= 11 is 3.06. The quantitative estimate of drug-likeness (QED) is 0.0345. The van der Waals surface area contributed by atoms with Crippen LogP contribution in [0.25, 0.3) is 0 Å². The zero-order valence-electron chi connectivity index (χ0n) is 49.8. The first-order valence-electron chi connectivity index (χ1n) is 26.5. The molecule has 550 valence electrons. The van der Waals surface area contributed by atoms with Crippen LogP contribution < -0.4 is 31.4 Å². The van der Waals surface area contributed by atoms with Crippen molar-refractivity contribution in [2.24, 2.45) is 0 Å². The number of halogens is 36. The maximum Gasteiger partial charge on any atom is 0.460 e. The molecule has 0 aliphatic carbocycles. The zero-order valence-corrected chi connectivity index (χ0v) is 56.1. The average molecular weight is 1700 g/mol. The Morgan fingerprint density at radius 2 is 0.521 bits per heavy atom. The smallest absolute Gasteiger partial charge is 0.460 e. The molecular weight excluding hydrogens is 1650 g/mol. The molecule has 2 aliphatic rings. The molecule has 0 radical (unpaired) electrons. The van der Waals surface area contributed by atoms with E-state index < -0.39 is 193 Å². The van der Waals surface area contributed by atoms with Gasteiger partial charge in [0.25, 0.3) is 0 Å². The Bertz CT molecular complexity index is 2700. The average Bonchev–Trinajstić information content (AvgIpc) is 0.840. The van der Waals surface area contributed by atoms with Gasteiger partial charge in [0, 0.05) is 10.6 Å². The largest absolute Gasteiger partial charge is 0.486 e. The molecule has 2 heterocycles. The lowest BCUT2D eigenvalue weighted by molar-refractivity contribution is -0.461. The Labute approximate surface area is 540 Å².